The van der Waals surface area contributed by atoms with Gasteiger partial charge in [0.15, 0.2) is 5.96 Å². The summed E-state index contributed by atoms with van der Waals surface area (Å²) in [6.07, 6.45) is 6.21. The van der Waals surface area contributed by atoms with Crippen molar-refractivity contribution >= 4 is 5.96 Å². The maximum atomic E-state index is 6.19. The molecule has 1 N–H and O–H groups in total. The van der Waals surface area contributed by atoms with Crippen LogP contribution in [0.2, 0.25) is 0 Å². The van der Waals surface area contributed by atoms with Gasteiger partial charge < -0.3 is 15.0 Å². The van der Waals surface area contributed by atoms with Gasteiger partial charge >= 0.3 is 0 Å². The Morgan fingerprint density at radius 2 is 2.25 bits per heavy atom. The van der Waals surface area contributed by atoms with E-state index >= 15 is 0 Å². The fourth-order valence-corrected chi connectivity index (χ4v) is 3.58. The number of ether oxygens (including phenoxy) is 1. The lowest BCUT2D eigenvalue weighted by Crippen LogP contribution is -2.39. The van der Waals surface area contributed by atoms with Gasteiger partial charge in [0, 0.05) is 33.8 Å². The standard InChI is InChI=1S/C21H32N6O/c1-4-22-21(26(2)15-20-24-16-25-27(20)3)23-13-8-14-28-19-12-7-10-17-9-5-6-11-18(17)19/h5-6,9,11,16,19H,4,7-8,10,12-15H2,1-3H3,(H,22,23). The number of hydrogen-bond donors (Lipinski definition) is 1. The van der Waals surface area contributed by atoms with Crippen molar-refractivity contribution in [3.8, 4) is 0 Å². The van der Waals surface area contributed by atoms with Gasteiger partial charge in [-0.3, -0.25) is 9.67 Å². The summed E-state index contributed by atoms with van der Waals surface area (Å²) in [7, 11) is 3.92. The highest BCUT2D eigenvalue weighted by Gasteiger charge is 2.19. The monoisotopic (exact) mass is 384 g/mol. The maximum absolute atomic E-state index is 6.19. The number of benzene rings is 1. The van der Waals surface area contributed by atoms with Crippen molar-refractivity contribution in [3.63, 3.8) is 0 Å². The maximum Gasteiger partial charge on any atom is 0.194 e. The molecule has 0 aliphatic heterocycles. The van der Waals surface area contributed by atoms with Crippen molar-refractivity contribution in [2.24, 2.45) is 12.0 Å². The molecule has 0 spiro atoms. The third-order valence-electron chi connectivity index (χ3n) is 5.08. The Balaban J connectivity index is 1.47. The third kappa shape index (κ3) is 5.32. The molecule has 0 fully saturated rings. The van der Waals surface area contributed by atoms with E-state index in [2.05, 4.69) is 51.5 Å². The zero-order valence-corrected chi connectivity index (χ0v) is 17.3. The molecule has 152 valence electrons. The summed E-state index contributed by atoms with van der Waals surface area (Å²) in [5, 5.41) is 7.47. The van der Waals surface area contributed by atoms with Gasteiger partial charge in [-0.25, -0.2) is 4.98 Å². The Kier molecular flexibility index (Phi) is 7.42. The summed E-state index contributed by atoms with van der Waals surface area (Å²) in [4.78, 5) is 11.1. The van der Waals surface area contributed by atoms with E-state index in [0.717, 1.165) is 44.3 Å². The van der Waals surface area contributed by atoms with Crippen LogP contribution in [-0.2, 0) is 24.8 Å². The first-order valence-electron chi connectivity index (χ1n) is 10.2. The topological polar surface area (TPSA) is 67.6 Å². The summed E-state index contributed by atoms with van der Waals surface area (Å²) in [6, 6.07) is 8.67. The fourth-order valence-electron chi connectivity index (χ4n) is 3.58. The van der Waals surface area contributed by atoms with Crippen molar-refractivity contribution in [1.29, 1.82) is 0 Å². The number of aryl methyl sites for hydroxylation is 2. The van der Waals surface area contributed by atoms with Crippen LogP contribution in [0.15, 0.2) is 35.6 Å². The second-order valence-corrected chi connectivity index (χ2v) is 7.20. The van der Waals surface area contributed by atoms with E-state index in [9.17, 15) is 0 Å². The SMILES string of the molecule is CCNC(=NCCCOC1CCCc2ccccc21)N(C)Cc1ncnn1C. The molecule has 1 aromatic heterocycles. The molecule has 2 aromatic rings. The Labute approximate surface area is 167 Å². The van der Waals surface area contributed by atoms with Gasteiger partial charge in [-0.05, 0) is 43.7 Å². The first-order chi connectivity index (χ1) is 13.7. The minimum atomic E-state index is 0.237. The predicted molar refractivity (Wildman–Crippen MR) is 111 cm³/mol. The second kappa shape index (κ2) is 10.2. The Morgan fingerprint density at radius 1 is 1.39 bits per heavy atom. The van der Waals surface area contributed by atoms with Crippen LogP contribution >= 0.6 is 0 Å². The molecule has 0 saturated carbocycles. The van der Waals surface area contributed by atoms with Crippen LogP contribution in [0.5, 0.6) is 0 Å². The van der Waals surface area contributed by atoms with Crippen LogP contribution in [0.25, 0.3) is 0 Å². The van der Waals surface area contributed by atoms with Crippen LogP contribution in [0.1, 0.15) is 49.2 Å². The van der Waals surface area contributed by atoms with E-state index in [-0.39, 0.29) is 6.10 Å². The molecule has 0 radical (unpaired) electrons. The van der Waals surface area contributed by atoms with Crippen LogP contribution in [0, 0.1) is 0 Å². The number of nitrogens with one attached hydrogen (secondary N) is 1. The summed E-state index contributed by atoms with van der Waals surface area (Å²) in [5.41, 5.74) is 2.81. The average Bonchev–Trinajstić information content (AvgIpc) is 3.11. The molecule has 3 rings (SSSR count). The second-order valence-electron chi connectivity index (χ2n) is 7.20. The molecule has 1 aliphatic rings. The van der Waals surface area contributed by atoms with Gasteiger partial charge in [-0.2, -0.15) is 5.10 Å². The molecule has 1 heterocycles. The number of rotatable bonds is 8. The van der Waals surface area contributed by atoms with E-state index in [1.807, 2.05) is 14.1 Å². The number of nitrogens with zero attached hydrogens (tertiary/aromatic N) is 5. The van der Waals surface area contributed by atoms with E-state index < -0.39 is 0 Å². The van der Waals surface area contributed by atoms with Crippen molar-refractivity contribution in [1.82, 2.24) is 25.0 Å². The molecule has 1 atom stereocenters. The van der Waals surface area contributed by atoms with Gasteiger partial charge in [0.1, 0.15) is 12.2 Å². The summed E-state index contributed by atoms with van der Waals surface area (Å²) in [5.74, 6) is 1.79. The third-order valence-corrected chi connectivity index (χ3v) is 5.08. The van der Waals surface area contributed by atoms with E-state index in [1.54, 1.807) is 11.0 Å². The first-order valence-corrected chi connectivity index (χ1v) is 10.2. The largest absolute Gasteiger partial charge is 0.373 e. The van der Waals surface area contributed by atoms with Crippen LogP contribution in [0.4, 0.5) is 0 Å². The molecule has 1 unspecified atom stereocenters. The highest BCUT2D eigenvalue weighted by atomic mass is 16.5. The smallest absolute Gasteiger partial charge is 0.194 e. The molecule has 1 aromatic carbocycles. The molecular weight excluding hydrogens is 352 g/mol. The normalized spacial score (nSPS) is 16.7. The van der Waals surface area contributed by atoms with Crippen LogP contribution in [-0.4, -0.2) is 52.4 Å². The number of guanidine groups is 1. The Hall–Kier alpha value is -2.41. The summed E-state index contributed by atoms with van der Waals surface area (Å²) in [6.45, 7) is 5.04. The number of hydrogen-bond acceptors (Lipinski definition) is 4. The number of aromatic nitrogens is 3. The molecule has 7 nitrogen and oxygen atoms in total. The van der Waals surface area contributed by atoms with Gasteiger partial charge in [0.05, 0.1) is 12.6 Å². The summed E-state index contributed by atoms with van der Waals surface area (Å²) < 4.78 is 7.98. The van der Waals surface area contributed by atoms with E-state index in [0.29, 0.717) is 6.54 Å². The highest BCUT2D eigenvalue weighted by Crippen LogP contribution is 2.32. The van der Waals surface area contributed by atoms with Crippen LogP contribution in [0.3, 0.4) is 0 Å². The lowest BCUT2D eigenvalue weighted by molar-refractivity contribution is 0.0402. The molecular formula is C21H32N6O. The molecule has 1 aliphatic carbocycles. The number of fused-ring (bicyclic) bond motifs is 1. The lowest BCUT2D eigenvalue weighted by Gasteiger charge is -2.25. The average molecular weight is 385 g/mol. The van der Waals surface area contributed by atoms with E-state index in [1.165, 1.54) is 24.0 Å². The van der Waals surface area contributed by atoms with Gasteiger partial charge in [-0.1, -0.05) is 24.3 Å². The molecule has 7 heteroatoms. The van der Waals surface area contributed by atoms with Crippen molar-refractivity contribution < 1.29 is 4.74 Å². The number of aliphatic imine (C=N–C) groups is 1. The van der Waals surface area contributed by atoms with Gasteiger partial charge in [0.25, 0.3) is 0 Å². The van der Waals surface area contributed by atoms with Crippen molar-refractivity contribution in [2.75, 3.05) is 26.7 Å². The zero-order valence-electron chi connectivity index (χ0n) is 17.3. The van der Waals surface area contributed by atoms with Gasteiger partial charge in [-0.15, -0.1) is 0 Å². The van der Waals surface area contributed by atoms with Crippen molar-refractivity contribution in [2.45, 2.75) is 45.3 Å². The Bertz CT molecular complexity index is 772. The molecule has 0 amide bonds. The van der Waals surface area contributed by atoms with E-state index in [4.69, 9.17) is 9.73 Å². The molecule has 0 saturated heterocycles. The molecule has 0 bridgehead atoms. The fraction of sp³-hybridized carbons (Fsp3) is 0.571. The predicted octanol–water partition coefficient (Wildman–Crippen LogP) is 2.70. The Morgan fingerprint density at radius 3 is 3.04 bits per heavy atom. The minimum Gasteiger partial charge on any atom is -0.373 e. The van der Waals surface area contributed by atoms with Gasteiger partial charge in [0.2, 0.25) is 0 Å². The summed E-state index contributed by atoms with van der Waals surface area (Å²) >= 11 is 0. The minimum absolute atomic E-state index is 0.237. The quantitative estimate of drug-likeness (QED) is 0.431. The van der Waals surface area contributed by atoms with Crippen molar-refractivity contribution in [3.05, 3.63) is 47.5 Å². The molecule has 28 heavy (non-hydrogen) atoms. The van der Waals surface area contributed by atoms with Crippen LogP contribution < -0.4 is 5.32 Å². The highest BCUT2D eigenvalue weighted by molar-refractivity contribution is 5.79. The first kappa shape index (κ1) is 20.3. The zero-order chi connectivity index (χ0) is 19.8. The lowest BCUT2D eigenvalue weighted by atomic mass is 9.89.